The van der Waals surface area contributed by atoms with Crippen LogP contribution in [0.3, 0.4) is 0 Å². The van der Waals surface area contributed by atoms with Gasteiger partial charge in [0.2, 0.25) is 11.5 Å². The Morgan fingerprint density at radius 2 is 0.953 bits per heavy atom. The standard InChI is InChI=1S/C32H27Cl5O6/c1-3-5-9-40-29-27(42-31(38)18-11-21(34)15-22(35)12-18)25-8-7-20(33)17-26(25)28(30(29)41-10-6-4-2)43-32(39)19-13-23(36)16-24(37)14-19/h7-8,11-17H,3-6,9-10H2,1-2H3. The second-order valence-electron chi connectivity index (χ2n) is 9.51. The van der Waals surface area contributed by atoms with Crippen molar-refractivity contribution < 1.29 is 28.5 Å². The number of hydrogen-bond donors (Lipinski definition) is 0. The van der Waals surface area contributed by atoms with Crippen LogP contribution in [0.5, 0.6) is 23.0 Å². The average molecular weight is 685 g/mol. The highest BCUT2D eigenvalue weighted by atomic mass is 35.5. The van der Waals surface area contributed by atoms with Gasteiger partial charge in [-0.3, -0.25) is 0 Å². The average Bonchev–Trinajstić information content (AvgIpc) is 2.94. The van der Waals surface area contributed by atoms with Gasteiger partial charge in [-0.2, -0.15) is 0 Å². The van der Waals surface area contributed by atoms with Crippen molar-refractivity contribution in [3.63, 3.8) is 0 Å². The van der Waals surface area contributed by atoms with Crippen LogP contribution >= 0.6 is 58.0 Å². The highest BCUT2D eigenvalue weighted by Crippen LogP contribution is 2.52. The van der Waals surface area contributed by atoms with Crippen molar-refractivity contribution >= 4 is 80.7 Å². The summed E-state index contributed by atoms with van der Waals surface area (Å²) in [5.74, 6) is -1.23. The van der Waals surface area contributed by atoms with E-state index in [1.807, 2.05) is 13.8 Å². The third kappa shape index (κ3) is 8.40. The van der Waals surface area contributed by atoms with E-state index in [0.29, 0.717) is 28.6 Å². The molecule has 6 nitrogen and oxygen atoms in total. The van der Waals surface area contributed by atoms with E-state index in [0.717, 1.165) is 12.8 Å². The zero-order valence-corrected chi connectivity index (χ0v) is 27.1. The monoisotopic (exact) mass is 682 g/mol. The zero-order valence-electron chi connectivity index (χ0n) is 23.3. The molecule has 0 saturated heterocycles. The molecule has 0 amide bonds. The molecule has 0 aromatic heterocycles. The first-order chi connectivity index (χ1) is 20.6. The van der Waals surface area contributed by atoms with Gasteiger partial charge in [-0.15, -0.1) is 0 Å². The molecule has 0 fully saturated rings. The van der Waals surface area contributed by atoms with E-state index in [4.69, 9.17) is 77.0 Å². The summed E-state index contributed by atoms with van der Waals surface area (Å²) in [6.45, 7) is 4.55. The van der Waals surface area contributed by atoms with Crippen molar-refractivity contribution in [3.05, 3.63) is 90.8 Å². The molecule has 0 N–H and O–H groups in total. The van der Waals surface area contributed by atoms with Crippen LogP contribution in [0.2, 0.25) is 25.1 Å². The van der Waals surface area contributed by atoms with Crippen LogP contribution in [-0.2, 0) is 0 Å². The Kier molecular flexibility index (Phi) is 11.7. The Balaban J connectivity index is 1.94. The summed E-state index contributed by atoms with van der Waals surface area (Å²) in [7, 11) is 0. The predicted octanol–water partition coefficient (Wildman–Crippen LogP) is 10.9. The van der Waals surface area contributed by atoms with Gasteiger partial charge in [0.05, 0.1) is 24.3 Å². The van der Waals surface area contributed by atoms with E-state index in [9.17, 15) is 9.59 Å². The first-order valence-corrected chi connectivity index (χ1v) is 15.4. The van der Waals surface area contributed by atoms with E-state index < -0.39 is 11.9 Å². The maximum atomic E-state index is 13.4. The van der Waals surface area contributed by atoms with Crippen LogP contribution in [0.1, 0.15) is 60.2 Å². The number of hydrogen-bond acceptors (Lipinski definition) is 6. The molecule has 0 saturated carbocycles. The first-order valence-electron chi connectivity index (χ1n) is 13.5. The van der Waals surface area contributed by atoms with Crippen LogP contribution in [-0.4, -0.2) is 25.2 Å². The number of esters is 2. The Bertz CT molecular complexity index is 1620. The minimum Gasteiger partial charge on any atom is -0.486 e. The molecule has 0 bridgehead atoms. The summed E-state index contributed by atoms with van der Waals surface area (Å²) >= 11 is 31.0. The van der Waals surface area contributed by atoms with Gasteiger partial charge in [-0.25, -0.2) is 9.59 Å². The molecule has 4 aromatic carbocycles. The SMILES string of the molecule is CCCCOc1c(OCCCC)c(OC(=O)c2cc(Cl)cc(Cl)c2)c2cc(Cl)ccc2c1OC(=O)c1cc(Cl)cc(Cl)c1. The lowest BCUT2D eigenvalue weighted by atomic mass is 10.1. The number of carbonyl (C=O) groups excluding carboxylic acids is 2. The summed E-state index contributed by atoms with van der Waals surface area (Å²) in [6.07, 6.45) is 3.05. The Morgan fingerprint density at radius 1 is 0.535 bits per heavy atom. The van der Waals surface area contributed by atoms with Crippen molar-refractivity contribution in [2.45, 2.75) is 39.5 Å². The summed E-state index contributed by atoms with van der Waals surface area (Å²) in [6, 6.07) is 13.6. The molecule has 0 atom stereocenters. The Labute approximate surface area is 274 Å². The third-order valence-corrected chi connectivity index (χ3v) is 7.27. The first kappa shape index (κ1) is 33.0. The van der Waals surface area contributed by atoms with E-state index >= 15 is 0 Å². The topological polar surface area (TPSA) is 71.1 Å². The molecule has 4 rings (SSSR count). The molecule has 0 radical (unpaired) electrons. The maximum absolute atomic E-state index is 13.4. The number of carbonyl (C=O) groups is 2. The molecule has 11 heteroatoms. The van der Waals surface area contributed by atoms with Crippen molar-refractivity contribution in [3.8, 4) is 23.0 Å². The molecular weight excluding hydrogens is 658 g/mol. The fraction of sp³-hybridized carbons (Fsp3) is 0.250. The summed E-state index contributed by atoms with van der Waals surface area (Å²) in [5, 5.41) is 2.12. The van der Waals surface area contributed by atoms with Gasteiger partial charge in [0.15, 0.2) is 11.5 Å². The lowest BCUT2D eigenvalue weighted by molar-refractivity contribution is 0.0711. The maximum Gasteiger partial charge on any atom is 0.343 e. The van der Waals surface area contributed by atoms with E-state index in [1.165, 1.54) is 36.4 Å². The molecule has 0 unspecified atom stereocenters. The van der Waals surface area contributed by atoms with Gasteiger partial charge in [0, 0.05) is 35.9 Å². The smallest absolute Gasteiger partial charge is 0.343 e. The molecule has 43 heavy (non-hydrogen) atoms. The van der Waals surface area contributed by atoms with Gasteiger partial charge in [-0.1, -0.05) is 84.7 Å². The molecule has 0 spiro atoms. The van der Waals surface area contributed by atoms with Crippen molar-refractivity contribution in [2.75, 3.05) is 13.2 Å². The molecule has 226 valence electrons. The zero-order chi connectivity index (χ0) is 31.1. The van der Waals surface area contributed by atoms with Crippen LogP contribution in [0.15, 0.2) is 54.6 Å². The summed E-state index contributed by atoms with van der Waals surface area (Å²) in [5.41, 5.74) is 0.245. The molecule has 0 aliphatic rings. The number of fused-ring (bicyclic) bond motifs is 1. The van der Waals surface area contributed by atoms with Crippen molar-refractivity contribution in [2.24, 2.45) is 0 Å². The molecule has 0 heterocycles. The van der Waals surface area contributed by atoms with Crippen LogP contribution in [0.25, 0.3) is 10.8 Å². The van der Waals surface area contributed by atoms with Crippen LogP contribution in [0.4, 0.5) is 0 Å². The number of rotatable bonds is 12. The quantitative estimate of drug-likeness (QED) is 0.0840. The highest BCUT2D eigenvalue weighted by Gasteiger charge is 2.29. The number of halogens is 5. The molecule has 4 aromatic rings. The second kappa shape index (κ2) is 15.2. The molecular formula is C32H27Cl5O6. The van der Waals surface area contributed by atoms with E-state index in [1.54, 1.807) is 18.2 Å². The summed E-state index contributed by atoms with van der Waals surface area (Å²) < 4.78 is 24.4. The van der Waals surface area contributed by atoms with Gasteiger partial charge in [0.25, 0.3) is 0 Å². The van der Waals surface area contributed by atoms with Crippen molar-refractivity contribution in [1.82, 2.24) is 0 Å². The van der Waals surface area contributed by atoms with Crippen molar-refractivity contribution in [1.29, 1.82) is 0 Å². The Morgan fingerprint density at radius 3 is 1.37 bits per heavy atom. The minimum atomic E-state index is -0.746. The second-order valence-corrected chi connectivity index (χ2v) is 11.7. The van der Waals surface area contributed by atoms with Gasteiger partial charge in [0.1, 0.15) is 0 Å². The number of benzene rings is 4. The minimum absolute atomic E-state index is 0.0341. The van der Waals surface area contributed by atoms with Gasteiger partial charge < -0.3 is 18.9 Å². The van der Waals surface area contributed by atoms with E-state index in [-0.39, 0.29) is 67.4 Å². The Hall–Kier alpha value is -2.87. The lowest BCUT2D eigenvalue weighted by Crippen LogP contribution is -2.14. The molecule has 0 aliphatic heterocycles. The fourth-order valence-corrected chi connectivity index (χ4v) is 5.33. The normalized spacial score (nSPS) is 11.0. The highest BCUT2D eigenvalue weighted by molar-refractivity contribution is 6.36. The number of ether oxygens (including phenoxy) is 4. The summed E-state index contributed by atoms with van der Waals surface area (Å²) in [4.78, 5) is 26.9. The van der Waals surface area contributed by atoms with Crippen LogP contribution < -0.4 is 18.9 Å². The largest absolute Gasteiger partial charge is 0.486 e. The van der Waals surface area contributed by atoms with Gasteiger partial charge >= 0.3 is 11.9 Å². The van der Waals surface area contributed by atoms with Crippen LogP contribution in [0, 0.1) is 0 Å². The third-order valence-electron chi connectivity index (χ3n) is 6.16. The van der Waals surface area contributed by atoms with E-state index in [2.05, 4.69) is 0 Å². The predicted molar refractivity (Wildman–Crippen MR) is 173 cm³/mol. The lowest BCUT2D eigenvalue weighted by Gasteiger charge is -2.22. The molecule has 0 aliphatic carbocycles. The number of unbranched alkanes of at least 4 members (excludes halogenated alkanes) is 2. The fourth-order valence-electron chi connectivity index (χ4n) is 4.10. The van der Waals surface area contributed by atoms with Gasteiger partial charge in [-0.05, 0) is 67.4 Å².